The molecule has 0 spiro atoms. The number of nitrogens with zero attached hydrogens (tertiary/aromatic N) is 1. The van der Waals surface area contributed by atoms with Crippen molar-refractivity contribution in [3.8, 4) is 0 Å². The number of hydrogen-bond donors (Lipinski definition) is 3. The molecule has 4 rings (SSSR count). The predicted octanol–water partition coefficient (Wildman–Crippen LogP) is 5.97. The number of ether oxygens (including phenoxy) is 3. The van der Waals surface area contributed by atoms with E-state index >= 15 is 4.39 Å². The highest BCUT2D eigenvalue weighted by Crippen LogP contribution is 2.33. The van der Waals surface area contributed by atoms with Gasteiger partial charge in [0.1, 0.15) is 19.0 Å². The quantitative estimate of drug-likeness (QED) is 0.206. The third-order valence-electron chi connectivity index (χ3n) is 7.75. The van der Waals surface area contributed by atoms with Crippen LogP contribution in [-0.2, 0) is 25.4 Å². The number of morpholine rings is 1. The average molecular weight is 730 g/mol. The lowest BCUT2D eigenvalue weighted by molar-refractivity contribution is -0.124. The number of anilines is 1. The second-order valence-electron chi connectivity index (χ2n) is 11.2. The van der Waals surface area contributed by atoms with E-state index in [0.717, 1.165) is 12.0 Å². The van der Waals surface area contributed by atoms with E-state index in [1.165, 1.54) is 18.2 Å². The van der Waals surface area contributed by atoms with Crippen molar-refractivity contribution in [2.24, 2.45) is 5.73 Å². The molecule has 3 amide bonds. The summed E-state index contributed by atoms with van der Waals surface area (Å²) in [6, 6.07) is 15.6. The largest absolute Gasteiger partial charge is 0.452 e. The van der Waals surface area contributed by atoms with Crippen LogP contribution >= 0.6 is 23.2 Å². The molecule has 3 aromatic rings. The van der Waals surface area contributed by atoms with Gasteiger partial charge < -0.3 is 30.6 Å². The Balaban J connectivity index is 1.49. The fourth-order valence-electron chi connectivity index (χ4n) is 5.31. The molecule has 49 heavy (non-hydrogen) atoms. The van der Waals surface area contributed by atoms with Crippen LogP contribution in [0.1, 0.15) is 29.0 Å². The Bertz CT molecular complexity index is 1540. The van der Waals surface area contributed by atoms with Crippen molar-refractivity contribution in [3.63, 3.8) is 0 Å². The van der Waals surface area contributed by atoms with Crippen molar-refractivity contribution in [3.05, 3.63) is 99.3 Å². The molecule has 4 N–H and O–H groups in total. The predicted molar refractivity (Wildman–Crippen MR) is 174 cm³/mol. The zero-order chi connectivity index (χ0) is 35.7. The monoisotopic (exact) mass is 728 g/mol. The third-order valence-corrected chi connectivity index (χ3v) is 8.25. The molecule has 0 unspecified atom stereocenters. The number of rotatable bonds is 11. The number of amides is 3. The van der Waals surface area contributed by atoms with Crippen LogP contribution in [0.4, 0.5) is 32.8 Å². The molecule has 0 aliphatic carbocycles. The van der Waals surface area contributed by atoms with Gasteiger partial charge in [-0.25, -0.2) is 18.9 Å². The lowest BCUT2D eigenvalue weighted by Gasteiger charge is -2.31. The second-order valence-corrected chi connectivity index (χ2v) is 12.0. The number of methoxy groups -OCH3 is 1. The summed E-state index contributed by atoms with van der Waals surface area (Å²) in [4.78, 5) is 39.6. The fourth-order valence-corrected chi connectivity index (χ4v) is 5.56. The molecule has 1 fully saturated rings. The van der Waals surface area contributed by atoms with Crippen LogP contribution in [0.2, 0.25) is 10.0 Å². The van der Waals surface area contributed by atoms with E-state index in [-0.39, 0.29) is 43.9 Å². The van der Waals surface area contributed by atoms with Gasteiger partial charge in [0.15, 0.2) is 0 Å². The SMILES string of the molecule is COC(=O)N(C(=O)[C@@H](N)C(c1ccc(Cl)cc1)c1ccc(Cl)cc1)c1cccc(F)c1CC[C@@H]1CN[C@H](COC(=O)NCC(F)(F)F)CO1. The number of hydrogen-bond acceptors (Lipinski definition) is 8. The molecule has 10 nitrogen and oxygen atoms in total. The number of nitrogens with one attached hydrogen (secondary N) is 2. The van der Waals surface area contributed by atoms with Gasteiger partial charge in [-0.3, -0.25) is 4.79 Å². The molecule has 1 saturated heterocycles. The molecule has 1 aliphatic heterocycles. The van der Waals surface area contributed by atoms with Gasteiger partial charge in [0.2, 0.25) is 0 Å². The van der Waals surface area contributed by atoms with E-state index in [4.69, 9.17) is 43.1 Å². The summed E-state index contributed by atoms with van der Waals surface area (Å²) in [5.74, 6) is -2.30. The lowest BCUT2D eigenvalue weighted by atomic mass is 9.84. The van der Waals surface area contributed by atoms with Crippen LogP contribution in [-0.4, -0.2) is 75.9 Å². The standard InChI is InChI=1S/C33H34Cl2F4N4O6/c1-47-32(46)43(30(44)29(40)28(19-5-9-21(34)10-6-19)20-7-11-22(35)12-8-20)27-4-2-3-26(36)25(27)14-13-24-15-41-23(16-48-24)17-49-31(45)42-18-33(37,38)39/h2-12,23-24,28-29,41H,13-18,40H2,1H3,(H,42,45)/t23-,24+,29-/m0/s1. The van der Waals surface area contributed by atoms with Gasteiger partial charge in [-0.1, -0.05) is 53.5 Å². The minimum atomic E-state index is -4.57. The number of carbonyl (C=O) groups excluding carboxylic acids is 3. The Hall–Kier alpha value is -3.95. The Morgan fingerprint density at radius 3 is 2.18 bits per heavy atom. The van der Waals surface area contributed by atoms with Crippen molar-refractivity contribution in [2.75, 3.05) is 38.3 Å². The summed E-state index contributed by atoms with van der Waals surface area (Å²) in [5.41, 5.74) is 7.87. The molecule has 0 radical (unpaired) electrons. The Morgan fingerprint density at radius 2 is 1.65 bits per heavy atom. The first kappa shape index (κ1) is 37.9. The number of carbonyl (C=O) groups is 3. The Morgan fingerprint density at radius 1 is 1.04 bits per heavy atom. The van der Waals surface area contributed by atoms with E-state index < -0.39 is 60.7 Å². The maximum Gasteiger partial charge on any atom is 0.420 e. The average Bonchev–Trinajstić information content (AvgIpc) is 3.08. The molecule has 3 aromatic carbocycles. The van der Waals surface area contributed by atoms with Crippen molar-refractivity contribution in [2.45, 2.75) is 43.1 Å². The molecule has 0 aromatic heterocycles. The highest BCUT2D eigenvalue weighted by atomic mass is 35.5. The minimum Gasteiger partial charge on any atom is -0.452 e. The molecule has 16 heteroatoms. The summed E-state index contributed by atoms with van der Waals surface area (Å²) >= 11 is 12.2. The summed E-state index contributed by atoms with van der Waals surface area (Å²) < 4.78 is 67.8. The van der Waals surface area contributed by atoms with Crippen LogP contribution in [0.15, 0.2) is 66.7 Å². The Kier molecular flexibility index (Phi) is 13.2. The number of benzene rings is 3. The van der Waals surface area contributed by atoms with Crippen molar-refractivity contribution >= 4 is 47.0 Å². The number of imide groups is 1. The molecular weight excluding hydrogens is 695 g/mol. The summed E-state index contributed by atoms with van der Waals surface area (Å²) in [6.45, 7) is -1.45. The number of alkyl carbamates (subject to hydrolysis) is 1. The first-order valence-electron chi connectivity index (χ1n) is 15.1. The second kappa shape index (κ2) is 17.1. The fraction of sp³-hybridized carbons (Fsp3) is 0.364. The number of alkyl halides is 3. The highest BCUT2D eigenvalue weighted by Gasteiger charge is 2.37. The number of halogens is 6. The molecule has 3 atom stereocenters. The maximum absolute atomic E-state index is 15.4. The van der Waals surface area contributed by atoms with E-state index in [1.54, 1.807) is 53.8 Å². The van der Waals surface area contributed by atoms with Crippen LogP contribution in [0, 0.1) is 5.82 Å². The number of nitrogens with two attached hydrogens (primary N) is 1. The highest BCUT2D eigenvalue weighted by molar-refractivity contribution is 6.30. The topological polar surface area (TPSA) is 132 Å². The minimum absolute atomic E-state index is 0.0309. The van der Waals surface area contributed by atoms with Crippen LogP contribution < -0.4 is 21.3 Å². The van der Waals surface area contributed by atoms with Crippen LogP contribution in [0.5, 0.6) is 0 Å². The van der Waals surface area contributed by atoms with Gasteiger partial charge in [-0.2, -0.15) is 13.2 Å². The van der Waals surface area contributed by atoms with E-state index in [1.807, 2.05) is 0 Å². The van der Waals surface area contributed by atoms with Gasteiger partial charge >= 0.3 is 18.4 Å². The van der Waals surface area contributed by atoms with Gasteiger partial charge in [-0.15, -0.1) is 0 Å². The first-order chi connectivity index (χ1) is 23.3. The molecule has 264 valence electrons. The van der Waals surface area contributed by atoms with Gasteiger partial charge in [0.05, 0.1) is 37.6 Å². The van der Waals surface area contributed by atoms with Crippen molar-refractivity contribution in [1.29, 1.82) is 0 Å². The van der Waals surface area contributed by atoms with Crippen LogP contribution in [0.3, 0.4) is 0 Å². The Labute approximate surface area is 289 Å². The zero-order valence-corrected chi connectivity index (χ0v) is 27.7. The third kappa shape index (κ3) is 10.5. The molecule has 0 saturated carbocycles. The van der Waals surface area contributed by atoms with Crippen molar-refractivity contribution in [1.82, 2.24) is 10.6 Å². The van der Waals surface area contributed by atoms with Crippen LogP contribution in [0.25, 0.3) is 0 Å². The maximum atomic E-state index is 15.4. The van der Waals surface area contributed by atoms with E-state index in [9.17, 15) is 27.6 Å². The smallest absolute Gasteiger partial charge is 0.420 e. The molecule has 1 aliphatic rings. The summed E-state index contributed by atoms with van der Waals surface area (Å²) in [7, 11) is 1.09. The molecule has 0 bridgehead atoms. The van der Waals surface area contributed by atoms with Crippen molar-refractivity contribution < 1.29 is 46.2 Å². The summed E-state index contributed by atoms with van der Waals surface area (Å²) in [5, 5.41) is 5.62. The van der Waals surface area contributed by atoms with Gasteiger partial charge in [-0.05, 0) is 60.4 Å². The van der Waals surface area contributed by atoms with E-state index in [2.05, 4.69) is 5.32 Å². The molecular formula is C33H34Cl2F4N4O6. The zero-order valence-electron chi connectivity index (χ0n) is 26.1. The first-order valence-corrected chi connectivity index (χ1v) is 15.8. The normalized spacial score (nSPS) is 16.9. The van der Waals surface area contributed by atoms with Gasteiger partial charge in [0.25, 0.3) is 5.91 Å². The van der Waals surface area contributed by atoms with Gasteiger partial charge in [0, 0.05) is 28.1 Å². The van der Waals surface area contributed by atoms with E-state index in [0.29, 0.717) is 21.2 Å². The molecule has 1 heterocycles. The lowest BCUT2D eigenvalue weighted by Crippen LogP contribution is -2.50. The summed E-state index contributed by atoms with van der Waals surface area (Å²) in [6.07, 6.45) is -7.04.